The second-order valence-electron chi connectivity index (χ2n) is 5.37. The summed E-state index contributed by atoms with van der Waals surface area (Å²) < 4.78 is 0. The third-order valence-corrected chi connectivity index (χ3v) is 3.19. The molecule has 0 aromatic carbocycles. The maximum absolute atomic E-state index is 12.0. The second kappa shape index (κ2) is 12.2. The average molecular weight is 390 g/mol. The average Bonchev–Trinajstić information content (AvgIpc) is 2.58. The highest BCUT2D eigenvalue weighted by Crippen LogP contribution is 1.99. The highest BCUT2D eigenvalue weighted by atomic mass is 16.4. The molecule has 0 rings (SSSR count). The predicted octanol–water partition coefficient (Wildman–Crippen LogP) is -3.15. The largest absolute Gasteiger partial charge is 0.481 e. The SMILES string of the molecule is NCC(=O)N[C@@H](CCC(=O)O)C(=O)NCC(=O)N[C@@H](CCC(=O)O)C(=O)O. The summed E-state index contributed by atoms with van der Waals surface area (Å²) in [6, 6.07) is -2.70. The summed E-state index contributed by atoms with van der Waals surface area (Å²) in [5, 5.41) is 32.5. The summed E-state index contributed by atoms with van der Waals surface area (Å²) in [6.45, 7) is -1.08. The van der Waals surface area contributed by atoms with Crippen LogP contribution in [0.5, 0.6) is 0 Å². The number of nitrogens with one attached hydrogen (secondary N) is 3. The first-order valence-corrected chi connectivity index (χ1v) is 7.79. The molecule has 0 aliphatic rings. The molecule has 27 heavy (non-hydrogen) atoms. The van der Waals surface area contributed by atoms with Gasteiger partial charge in [-0.15, -0.1) is 0 Å². The Labute approximate surface area is 153 Å². The molecule has 0 saturated carbocycles. The van der Waals surface area contributed by atoms with Gasteiger partial charge in [0.05, 0.1) is 13.1 Å². The van der Waals surface area contributed by atoms with Crippen molar-refractivity contribution in [3.63, 3.8) is 0 Å². The van der Waals surface area contributed by atoms with Gasteiger partial charge >= 0.3 is 17.9 Å². The Kier molecular flexibility index (Phi) is 10.7. The van der Waals surface area contributed by atoms with Gasteiger partial charge in [0.25, 0.3) is 0 Å². The molecule has 0 unspecified atom stereocenters. The molecule has 2 atom stereocenters. The van der Waals surface area contributed by atoms with Crippen LogP contribution in [0.25, 0.3) is 0 Å². The minimum atomic E-state index is -1.45. The number of carboxylic acids is 3. The van der Waals surface area contributed by atoms with E-state index in [4.69, 9.17) is 21.1 Å². The number of carboxylic acid groups (broad SMARTS) is 3. The molecule has 13 heteroatoms. The zero-order valence-electron chi connectivity index (χ0n) is 14.3. The van der Waals surface area contributed by atoms with Gasteiger partial charge < -0.3 is 37.0 Å². The molecule has 152 valence electrons. The zero-order chi connectivity index (χ0) is 21.0. The molecule has 0 spiro atoms. The first-order chi connectivity index (χ1) is 12.6. The number of carbonyl (C=O) groups excluding carboxylic acids is 3. The molecule has 0 saturated heterocycles. The number of aliphatic carboxylic acids is 3. The van der Waals surface area contributed by atoms with Gasteiger partial charge in [-0.1, -0.05) is 0 Å². The number of nitrogens with two attached hydrogens (primary N) is 1. The fourth-order valence-electron chi connectivity index (χ4n) is 1.85. The Hall–Kier alpha value is -3.22. The Morgan fingerprint density at radius 2 is 1.26 bits per heavy atom. The Bertz CT molecular complexity index is 593. The molecule has 0 fully saturated rings. The Morgan fingerprint density at radius 3 is 1.70 bits per heavy atom. The summed E-state index contributed by atoms with van der Waals surface area (Å²) in [6.07, 6.45) is -1.50. The van der Waals surface area contributed by atoms with Gasteiger partial charge in [-0.2, -0.15) is 0 Å². The fraction of sp³-hybridized carbons (Fsp3) is 0.571. The lowest BCUT2D eigenvalue weighted by Crippen LogP contribution is -2.51. The van der Waals surface area contributed by atoms with E-state index in [-0.39, 0.29) is 12.8 Å². The number of hydrogen-bond donors (Lipinski definition) is 7. The predicted molar refractivity (Wildman–Crippen MR) is 87.3 cm³/mol. The lowest BCUT2D eigenvalue weighted by atomic mass is 10.1. The number of amides is 3. The van der Waals surface area contributed by atoms with E-state index in [0.717, 1.165) is 0 Å². The van der Waals surface area contributed by atoms with Crippen LogP contribution in [-0.2, 0) is 28.8 Å². The summed E-state index contributed by atoms with van der Waals surface area (Å²) in [5.74, 6) is -6.33. The molecule has 13 nitrogen and oxygen atoms in total. The molecule has 8 N–H and O–H groups in total. The van der Waals surface area contributed by atoms with Gasteiger partial charge in [0, 0.05) is 12.8 Å². The topological polar surface area (TPSA) is 225 Å². The van der Waals surface area contributed by atoms with Crippen molar-refractivity contribution in [3.8, 4) is 0 Å². The Balaban J connectivity index is 4.67. The van der Waals surface area contributed by atoms with E-state index in [1.165, 1.54) is 0 Å². The lowest BCUT2D eigenvalue weighted by Gasteiger charge is -2.18. The monoisotopic (exact) mass is 390 g/mol. The molecule has 0 aliphatic heterocycles. The molecular weight excluding hydrogens is 368 g/mol. The van der Waals surface area contributed by atoms with E-state index in [1.807, 2.05) is 0 Å². The van der Waals surface area contributed by atoms with Crippen LogP contribution in [0.4, 0.5) is 0 Å². The van der Waals surface area contributed by atoms with Crippen molar-refractivity contribution >= 4 is 35.6 Å². The van der Waals surface area contributed by atoms with Crippen LogP contribution in [0.2, 0.25) is 0 Å². The minimum absolute atomic E-state index is 0.245. The molecule has 0 radical (unpaired) electrons. The van der Waals surface area contributed by atoms with Gasteiger partial charge in [-0.05, 0) is 12.8 Å². The molecule has 0 aromatic rings. The van der Waals surface area contributed by atoms with E-state index in [1.54, 1.807) is 0 Å². The normalized spacial score (nSPS) is 12.3. The van der Waals surface area contributed by atoms with Crippen LogP contribution < -0.4 is 21.7 Å². The minimum Gasteiger partial charge on any atom is -0.481 e. The third-order valence-electron chi connectivity index (χ3n) is 3.19. The van der Waals surface area contributed by atoms with Crippen molar-refractivity contribution in [1.29, 1.82) is 0 Å². The highest BCUT2D eigenvalue weighted by molar-refractivity contribution is 5.92. The molecular formula is C14H22N4O9. The van der Waals surface area contributed by atoms with Gasteiger partial charge in [-0.25, -0.2) is 4.79 Å². The quantitative estimate of drug-likeness (QED) is 0.167. The van der Waals surface area contributed by atoms with E-state index in [2.05, 4.69) is 16.0 Å². The van der Waals surface area contributed by atoms with Crippen LogP contribution >= 0.6 is 0 Å². The summed E-state index contributed by atoms with van der Waals surface area (Å²) in [7, 11) is 0. The van der Waals surface area contributed by atoms with Crippen molar-refractivity contribution < 1.29 is 44.1 Å². The molecule has 0 aromatic heterocycles. The van der Waals surface area contributed by atoms with Crippen LogP contribution in [-0.4, -0.2) is 76.1 Å². The van der Waals surface area contributed by atoms with Crippen LogP contribution in [0, 0.1) is 0 Å². The number of hydrogen-bond acceptors (Lipinski definition) is 7. The fourth-order valence-corrected chi connectivity index (χ4v) is 1.85. The first kappa shape index (κ1) is 23.8. The number of rotatable bonds is 13. The smallest absolute Gasteiger partial charge is 0.326 e. The van der Waals surface area contributed by atoms with E-state index in [9.17, 15) is 28.8 Å². The van der Waals surface area contributed by atoms with E-state index in [0.29, 0.717) is 0 Å². The summed E-state index contributed by atoms with van der Waals surface area (Å²) in [4.78, 5) is 67.1. The van der Waals surface area contributed by atoms with Gasteiger partial charge in [0.1, 0.15) is 12.1 Å². The lowest BCUT2D eigenvalue weighted by molar-refractivity contribution is -0.143. The zero-order valence-corrected chi connectivity index (χ0v) is 14.3. The van der Waals surface area contributed by atoms with Crippen molar-refractivity contribution in [2.24, 2.45) is 5.73 Å². The Morgan fingerprint density at radius 1 is 0.778 bits per heavy atom. The van der Waals surface area contributed by atoms with Crippen molar-refractivity contribution in [2.45, 2.75) is 37.8 Å². The van der Waals surface area contributed by atoms with E-state index >= 15 is 0 Å². The second-order valence-corrected chi connectivity index (χ2v) is 5.37. The standard InChI is InChI=1S/C14H22N4O9/c15-5-9(19)17-7(1-3-11(21)22)13(25)16-6-10(20)18-8(14(26)27)2-4-12(23)24/h7-8H,1-6,15H2,(H,16,25)(H,17,19)(H,18,20)(H,21,22)(H,23,24)(H,26,27)/t7-,8-/m0/s1. The van der Waals surface area contributed by atoms with Crippen LogP contribution in [0.15, 0.2) is 0 Å². The molecule has 0 bridgehead atoms. The van der Waals surface area contributed by atoms with Gasteiger partial charge in [0.2, 0.25) is 17.7 Å². The van der Waals surface area contributed by atoms with Crippen LogP contribution in [0.1, 0.15) is 25.7 Å². The van der Waals surface area contributed by atoms with Gasteiger partial charge in [-0.3, -0.25) is 24.0 Å². The van der Waals surface area contributed by atoms with Crippen molar-refractivity contribution in [1.82, 2.24) is 16.0 Å². The van der Waals surface area contributed by atoms with Crippen LogP contribution in [0.3, 0.4) is 0 Å². The highest BCUT2D eigenvalue weighted by Gasteiger charge is 2.24. The molecule has 0 aliphatic carbocycles. The molecule has 0 heterocycles. The maximum atomic E-state index is 12.0. The number of carbonyl (C=O) groups is 6. The third kappa shape index (κ3) is 11.1. The molecule has 3 amide bonds. The van der Waals surface area contributed by atoms with Crippen molar-refractivity contribution in [3.05, 3.63) is 0 Å². The summed E-state index contributed by atoms with van der Waals surface area (Å²) in [5.41, 5.74) is 5.11. The first-order valence-electron chi connectivity index (χ1n) is 7.79. The maximum Gasteiger partial charge on any atom is 0.326 e. The van der Waals surface area contributed by atoms with E-state index < -0.39 is 73.6 Å². The summed E-state index contributed by atoms with van der Waals surface area (Å²) >= 11 is 0. The van der Waals surface area contributed by atoms with Crippen molar-refractivity contribution in [2.75, 3.05) is 13.1 Å². The van der Waals surface area contributed by atoms with Gasteiger partial charge in [0.15, 0.2) is 0 Å².